The first-order valence-electron chi connectivity index (χ1n) is 6.83. The van der Waals surface area contributed by atoms with Crippen LogP contribution in [0.1, 0.15) is 38.5 Å². The van der Waals surface area contributed by atoms with Gasteiger partial charge in [-0.15, -0.1) is 0 Å². The van der Waals surface area contributed by atoms with Crippen molar-refractivity contribution >= 4 is 11.9 Å². The predicted molar refractivity (Wildman–Crippen MR) is 75.2 cm³/mol. The molecule has 0 fully saturated rings. The minimum Gasteiger partial charge on any atom is -0.478 e. The van der Waals surface area contributed by atoms with Gasteiger partial charge in [-0.05, 0) is 30.5 Å². The summed E-state index contributed by atoms with van der Waals surface area (Å²) in [6, 6.07) is 8.96. The van der Waals surface area contributed by atoms with Crippen LogP contribution in [0.15, 0.2) is 41.0 Å². The lowest BCUT2D eigenvalue weighted by Gasteiger charge is -2.20. The van der Waals surface area contributed by atoms with E-state index in [9.17, 15) is 9.59 Å². The number of nitrogens with zero attached hydrogens (tertiary/aromatic N) is 1. The Morgan fingerprint density at radius 3 is 2.90 bits per heavy atom. The SMILES string of the molecule is O=C(O)c1ccoc1CN1CCCc2ccccc2C1=O. The highest BCUT2D eigenvalue weighted by Crippen LogP contribution is 2.21. The van der Waals surface area contributed by atoms with E-state index in [2.05, 4.69) is 0 Å². The summed E-state index contributed by atoms with van der Waals surface area (Å²) in [5.74, 6) is -0.799. The first-order valence-corrected chi connectivity index (χ1v) is 6.83. The molecule has 1 N–H and O–H groups in total. The number of aryl methyl sites for hydroxylation is 1. The Labute approximate surface area is 121 Å². The van der Waals surface area contributed by atoms with Gasteiger partial charge in [-0.3, -0.25) is 4.79 Å². The molecule has 0 aliphatic carbocycles. The van der Waals surface area contributed by atoms with Gasteiger partial charge >= 0.3 is 5.97 Å². The van der Waals surface area contributed by atoms with Crippen molar-refractivity contribution in [1.29, 1.82) is 0 Å². The van der Waals surface area contributed by atoms with Gasteiger partial charge in [0.25, 0.3) is 5.91 Å². The Hall–Kier alpha value is -2.56. The number of furan rings is 1. The zero-order valence-electron chi connectivity index (χ0n) is 11.4. The number of hydrogen-bond acceptors (Lipinski definition) is 3. The molecule has 3 rings (SSSR count). The van der Waals surface area contributed by atoms with Gasteiger partial charge in [0.1, 0.15) is 11.3 Å². The van der Waals surface area contributed by atoms with E-state index < -0.39 is 5.97 Å². The van der Waals surface area contributed by atoms with Gasteiger partial charge in [-0.2, -0.15) is 0 Å². The van der Waals surface area contributed by atoms with Crippen LogP contribution < -0.4 is 0 Å². The number of carbonyl (C=O) groups excluding carboxylic acids is 1. The Kier molecular flexibility index (Phi) is 3.48. The number of carboxylic acid groups (broad SMARTS) is 1. The second-order valence-corrected chi connectivity index (χ2v) is 5.05. The summed E-state index contributed by atoms with van der Waals surface area (Å²) in [7, 11) is 0. The van der Waals surface area contributed by atoms with Crippen molar-refractivity contribution in [1.82, 2.24) is 4.90 Å². The molecule has 0 atom stereocenters. The average Bonchev–Trinajstić information content (AvgIpc) is 2.88. The molecule has 108 valence electrons. The highest BCUT2D eigenvalue weighted by Gasteiger charge is 2.24. The van der Waals surface area contributed by atoms with Gasteiger partial charge in [0, 0.05) is 12.1 Å². The molecule has 0 saturated carbocycles. The molecule has 5 heteroatoms. The molecular weight excluding hydrogens is 270 g/mol. The normalized spacial score (nSPS) is 14.7. The molecule has 1 aliphatic rings. The predicted octanol–water partition coefficient (Wildman–Crippen LogP) is 2.57. The standard InChI is InChI=1S/C16H15NO4/c18-15-12-6-2-1-4-11(12)5-3-8-17(15)10-14-13(16(19)20)7-9-21-14/h1-2,4,6-7,9H,3,5,8,10H2,(H,19,20). The maximum atomic E-state index is 12.6. The highest BCUT2D eigenvalue weighted by molar-refractivity contribution is 5.96. The Morgan fingerprint density at radius 2 is 2.10 bits per heavy atom. The molecule has 1 aromatic heterocycles. The third-order valence-corrected chi connectivity index (χ3v) is 3.72. The maximum Gasteiger partial charge on any atom is 0.339 e. The Morgan fingerprint density at radius 1 is 1.29 bits per heavy atom. The van der Waals surface area contributed by atoms with E-state index in [-0.39, 0.29) is 18.0 Å². The summed E-state index contributed by atoms with van der Waals surface area (Å²) in [6.45, 7) is 0.773. The number of aromatic carboxylic acids is 1. The van der Waals surface area contributed by atoms with Gasteiger partial charge in [-0.25, -0.2) is 4.79 Å². The van der Waals surface area contributed by atoms with E-state index in [0.29, 0.717) is 17.9 Å². The van der Waals surface area contributed by atoms with E-state index in [1.54, 1.807) is 4.90 Å². The molecule has 0 spiro atoms. The molecule has 0 saturated heterocycles. The molecule has 1 aromatic carbocycles. The fraction of sp³-hybridized carbons (Fsp3) is 0.250. The van der Waals surface area contributed by atoms with Crippen molar-refractivity contribution in [3.8, 4) is 0 Å². The number of hydrogen-bond donors (Lipinski definition) is 1. The van der Waals surface area contributed by atoms with E-state index >= 15 is 0 Å². The fourth-order valence-corrected chi connectivity index (χ4v) is 2.66. The van der Waals surface area contributed by atoms with Crippen molar-refractivity contribution in [3.63, 3.8) is 0 Å². The monoisotopic (exact) mass is 285 g/mol. The summed E-state index contributed by atoms with van der Waals surface area (Å²) in [5, 5.41) is 9.10. The first kappa shape index (κ1) is 13.4. The Balaban J connectivity index is 1.88. The molecule has 0 bridgehead atoms. The number of carboxylic acids is 1. The third-order valence-electron chi connectivity index (χ3n) is 3.72. The van der Waals surface area contributed by atoms with Crippen LogP contribution in [0.3, 0.4) is 0 Å². The van der Waals surface area contributed by atoms with Crippen LogP contribution in [-0.4, -0.2) is 28.4 Å². The largest absolute Gasteiger partial charge is 0.478 e. The van der Waals surface area contributed by atoms with Crippen LogP contribution in [0.2, 0.25) is 0 Å². The summed E-state index contributed by atoms with van der Waals surface area (Å²) < 4.78 is 5.23. The van der Waals surface area contributed by atoms with Crippen molar-refractivity contribution in [3.05, 3.63) is 59.0 Å². The summed E-state index contributed by atoms with van der Waals surface area (Å²) in [5.41, 5.74) is 1.85. The van der Waals surface area contributed by atoms with Gasteiger partial charge in [0.05, 0.1) is 12.8 Å². The second-order valence-electron chi connectivity index (χ2n) is 5.05. The van der Waals surface area contributed by atoms with E-state index in [1.165, 1.54) is 12.3 Å². The number of rotatable bonds is 3. The lowest BCUT2D eigenvalue weighted by molar-refractivity contribution is 0.0677. The molecule has 21 heavy (non-hydrogen) atoms. The van der Waals surface area contributed by atoms with Crippen molar-refractivity contribution < 1.29 is 19.1 Å². The van der Waals surface area contributed by atoms with Crippen LogP contribution in [-0.2, 0) is 13.0 Å². The van der Waals surface area contributed by atoms with Crippen molar-refractivity contribution in [2.75, 3.05) is 6.54 Å². The average molecular weight is 285 g/mol. The number of amides is 1. The van der Waals surface area contributed by atoms with Crippen molar-refractivity contribution in [2.45, 2.75) is 19.4 Å². The lowest BCUT2D eigenvalue weighted by Crippen LogP contribution is -2.30. The maximum absolute atomic E-state index is 12.6. The molecule has 1 amide bonds. The molecular formula is C16H15NO4. The molecule has 1 aliphatic heterocycles. The van der Waals surface area contributed by atoms with Crippen LogP contribution in [0.4, 0.5) is 0 Å². The summed E-state index contributed by atoms with van der Waals surface area (Å²) in [6.07, 6.45) is 3.04. The molecule has 5 nitrogen and oxygen atoms in total. The van der Waals surface area contributed by atoms with Crippen LogP contribution in [0.5, 0.6) is 0 Å². The van der Waals surface area contributed by atoms with Crippen LogP contribution in [0, 0.1) is 0 Å². The van der Waals surface area contributed by atoms with E-state index in [1.807, 2.05) is 24.3 Å². The van der Waals surface area contributed by atoms with Crippen LogP contribution >= 0.6 is 0 Å². The third kappa shape index (κ3) is 2.54. The number of benzene rings is 1. The zero-order chi connectivity index (χ0) is 14.8. The first-order chi connectivity index (χ1) is 10.2. The van der Waals surface area contributed by atoms with E-state index in [0.717, 1.165) is 18.4 Å². The van der Waals surface area contributed by atoms with Crippen molar-refractivity contribution in [2.24, 2.45) is 0 Å². The lowest BCUT2D eigenvalue weighted by atomic mass is 10.0. The van der Waals surface area contributed by atoms with Gasteiger partial charge in [-0.1, -0.05) is 18.2 Å². The number of carbonyl (C=O) groups is 2. The quantitative estimate of drug-likeness (QED) is 0.940. The minimum absolute atomic E-state index is 0.0733. The highest BCUT2D eigenvalue weighted by atomic mass is 16.4. The molecule has 2 heterocycles. The van der Waals surface area contributed by atoms with E-state index in [4.69, 9.17) is 9.52 Å². The van der Waals surface area contributed by atoms with Crippen LogP contribution in [0.25, 0.3) is 0 Å². The topological polar surface area (TPSA) is 70.8 Å². The molecule has 0 unspecified atom stereocenters. The molecule has 0 radical (unpaired) electrons. The number of fused-ring (bicyclic) bond motifs is 1. The zero-order valence-corrected chi connectivity index (χ0v) is 11.4. The van der Waals surface area contributed by atoms with Gasteiger partial charge in [0.2, 0.25) is 0 Å². The smallest absolute Gasteiger partial charge is 0.339 e. The van der Waals surface area contributed by atoms with Gasteiger partial charge < -0.3 is 14.4 Å². The second kappa shape index (κ2) is 5.44. The minimum atomic E-state index is -1.04. The summed E-state index contributed by atoms with van der Waals surface area (Å²) in [4.78, 5) is 25.3. The Bertz CT molecular complexity index is 689. The fourth-order valence-electron chi connectivity index (χ4n) is 2.66. The summed E-state index contributed by atoms with van der Waals surface area (Å²) >= 11 is 0. The van der Waals surface area contributed by atoms with Gasteiger partial charge in [0.15, 0.2) is 0 Å². The molecule has 2 aromatic rings.